The van der Waals surface area contributed by atoms with Crippen LogP contribution >= 0.6 is 11.3 Å². The van der Waals surface area contributed by atoms with Crippen molar-refractivity contribution in [1.82, 2.24) is 0 Å². The minimum absolute atomic E-state index is 0.133. The van der Waals surface area contributed by atoms with E-state index in [1.54, 1.807) is 37.3 Å². The minimum Gasteiger partial charge on any atom is -0.459 e. The number of thiophene rings is 1. The van der Waals surface area contributed by atoms with Gasteiger partial charge in [-0.15, -0.1) is 11.3 Å². The maximum absolute atomic E-state index is 12.3. The zero-order valence-electron chi connectivity index (χ0n) is 15.7. The third kappa shape index (κ3) is 4.28. The van der Waals surface area contributed by atoms with Crippen LogP contribution in [0.15, 0.2) is 47.1 Å². The van der Waals surface area contributed by atoms with Crippen LogP contribution in [0.1, 0.15) is 25.8 Å². The number of anilines is 2. The first-order chi connectivity index (χ1) is 14.5. The molecule has 1 aliphatic rings. The molecule has 2 amide bonds. The fourth-order valence-electron chi connectivity index (χ4n) is 2.70. The molecule has 0 bridgehead atoms. The first-order valence-electron chi connectivity index (χ1n) is 8.81. The molecule has 1 aliphatic heterocycles. The second kappa shape index (κ2) is 8.29. The molecular weight excluding hydrogens is 412 g/mol. The maximum Gasteiger partial charge on any atom is 0.349 e. The Morgan fingerprint density at radius 1 is 1.10 bits per heavy atom. The summed E-state index contributed by atoms with van der Waals surface area (Å²) in [5.41, 5.74) is 1.12. The number of hydrogen-bond acceptors (Lipinski definition) is 8. The molecule has 30 heavy (non-hydrogen) atoms. The van der Waals surface area contributed by atoms with E-state index < -0.39 is 24.4 Å². The first kappa shape index (κ1) is 19.5. The molecule has 4 rings (SSSR count). The third-order valence-corrected chi connectivity index (χ3v) is 5.21. The van der Waals surface area contributed by atoms with Crippen LogP contribution in [0, 0.1) is 6.92 Å². The predicted molar refractivity (Wildman–Crippen MR) is 107 cm³/mol. The highest BCUT2D eigenvalue weighted by Gasteiger charge is 2.19. The summed E-state index contributed by atoms with van der Waals surface area (Å²) in [5.74, 6) is -0.292. The number of benzene rings is 1. The number of nitrogens with one attached hydrogen (secondary N) is 2. The Bertz CT molecular complexity index is 1100. The fraction of sp³-hybridized carbons (Fsp3) is 0.150. The summed E-state index contributed by atoms with van der Waals surface area (Å²) in [5, 5.41) is 5.74. The molecule has 3 aromatic rings. The van der Waals surface area contributed by atoms with Gasteiger partial charge in [-0.05, 0) is 42.8 Å². The molecule has 1 aromatic carbocycles. The summed E-state index contributed by atoms with van der Waals surface area (Å²) in [6.07, 6.45) is 1.39. The molecule has 3 heterocycles. The number of rotatable bonds is 6. The average Bonchev–Trinajstić information content (AvgIpc) is 3.46. The van der Waals surface area contributed by atoms with Crippen molar-refractivity contribution >= 4 is 39.8 Å². The molecule has 10 heteroatoms. The van der Waals surface area contributed by atoms with Gasteiger partial charge in [0.1, 0.15) is 4.88 Å². The van der Waals surface area contributed by atoms with Crippen LogP contribution < -0.4 is 20.1 Å². The van der Waals surface area contributed by atoms with Crippen molar-refractivity contribution in [2.24, 2.45) is 0 Å². The minimum atomic E-state index is -0.656. The average molecular weight is 428 g/mol. The summed E-state index contributed by atoms with van der Waals surface area (Å²) < 4.78 is 20.6. The largest absolute Gasteiger partial charge is 0.459 e. The molecule has 0 unspecified atom stereocenters. The van der Waals surface area contributed by atoms with Crippen molar-refractivity contribution in [2.75, 3.05) is 24.0 Å². The van der Waals surface area contributed by atoms with Crippen LogP contribution in [0.2, 0.25) is 0 Å². The van der Waals surface area contributed by atoms with Crippen LogP contribution in [0.4, 0.5) is 10.7 Å². The number of furan rings is 1. The summed E-state index contributed by atoms with van der Waals surface area (Å²) in [6, 6.07) is 9.74. The molecular formula is C20H16N2O7S. The van der Waals surface area contributed by atoms with E-state index in [9.17, 15) is 14.4 Å². The molecule has 9 nitrogen and oxygen atoms in total. The van der Waals surface area contributed by atoms with Crippen molar-refractivity contribution in [3.8, 4) is 11.5 Å². The Morgan fingerprint density at radius 3 is 2.73 bits per heavy atom. The Balaban J connectivity index is 1.32. The lowest BCUT2D eigenvalue weighted by Gasteiger charge is -2.07. The first-order valence-corrected chi connectivity index (χ1v) is 9.63. The van der Waals surface area contributed by atoms with Crippen LogP contribution in [-0.4, -0.2) is 31.2 Å². The Hall–Kier alpha value is -3.79. The third-order valence-electron chi connectivity index (χ3n) is 4.08. The van der Waals surface area contributed by atoms with Crippen LogP contribution in [0.25, 0.3) is 0 Å². The molecule has 0 saturated heterocycles. The van der Waals surface area contributed by atoms with E-state index in [-0.39, 0.29) is 12.6 Å². The number of aryl methyl sites for hydroxylation is 1. The van der Waals surface area contributed by atoms with Gasteiger partial charge in [0.05, 0.1) is 11.3 Å². The van der Waals surface area contributed by atoms with Gasteiger partial charge in [0.2, 0.25) is 6.79 Å². The lowest BCUT2D eigenvalue weighted by molar-refractivity contribution is -0.119. The normalized spacial score (nSPS) is 11.8. The second-order valence-corrected chi connectivity index (χ2v) is 7.30. The van der Waals surface area contributed by atoms with Crippen LogP contribution in [0.3, 0.4) is 0 Å². The van der Waals surface area contributed by atoms with Gasteiger partial charge in [0, 0.05) is 11.8 Å². The standard InChI is InChI=1S/C20H16N2O7S/c1-11-7-17(22-19(24)14-3-2-6-26-14)30-18(11)20(25)27-9-16(23)21-12-4-5-13-15(8-12)29-10-28-13/h2-8H,9-10H2,1H3,(H,21,23)(H,22,24). The number of ether oxygens (including phenoxy) is 3. The van der Waals surface area contributed by atoms with Crippen molar-refractivity contribution < 1.29 is 33.0 Å². The molecule has 0 atom stereocenters. The van der Waals surface area contributed by atoms with Gasteiger partial charge in [-0.25, -0.2) is 4.79 Å². The monoisotopic (exact) mass is 428 g/mol. The van der Waals surface area contributed by atoms with Crippen molar-refractivity contribution in [3.63, 3.8) is 0 Å². The lowest BCUT2D eigenvalue weighted by atomic mass is 10.3. The van der Waals surface area contributed by atoms with Crippen molar-refractivity contribution in [1.29, 1.82) is 0 Å². The van der Waals surface area contributed by atoms with Gasteiger partial charge in [-0.3, -0.25) is 9.59 Å². The van der Waals surface area contributed by atoms with E-state index in [0.29, 0.717) is 32.6 Å². The summed E-state index contributed by atoms with van der Waals surface area (Å²) in [7, 11) is 0. The summed E-state index contributed by atoms with van der Waals surface area (Å²) >= 11 is 1.05. The van der Waals surface area contributed by atoms with E-state index >= 15 is 0 Å². The smallest absolute Gasteiger partial charge is 0.349 e. The predicted octanol–water partition coefficient (Wildman–Crippen LogP) is 3.43. The summed E-state index contributed by atoms with van der Waals surface area (Å²) in [4.78, 5) is 36.8. The van der Waals surface area contributed by atoms with Gasteiger partial charge in [0.15, 0.2) is 23.9 Å². The maximum atomic E-state index is 12.3. The molecule has 0 aliphatic carbocycles. The molecule has 154 valence electrons. The van der Waals surface area contributed by atoms with E-state index in [1.165, 1.54) is 12.3 Å². The van der Waals surface area contributed by atoms with E-state index in [1.807, 2.05) is 0 Å². The molecule has 2 aromatic heterocycles. The highest BCUT2D eigenvalue weighted by molar-refractivity contribution is 7.18. The molecule has 0 radical (unpaired) electrons. The van der Waals surface area contributed by atoms with Crippen molar-refractivity contribution in [2.45, 2.75) is 6.92 Å². The number of fused-ring (bicyclic) bond motifs is 1. The number of carbonyl (C=O) groups excluding carboxylic acids is 3. The number of esters is 1. The van der Waals surface area contributed by atoms with Crippen LogP contribution in [-0.2, 0) is 9.53 Å². The zero-order valence-corrected chi connectivity index (χ0v) is 16.5. The quantitative estimate of drug-likeness (QED) is 0.578. The SMILES string of the molecule is Cc1cc(NC(=O)c2ccco2)sc1C(=O)OCC(=O)Nc1ccc2c(c1)OCO2. The summed E-state index contributed by atoms with van der Waals surface area (Å²) in [6.45, 7) is 1.38. The van der Waals surface area contributed by atoms with Crippen LogP contribution in [0.5, 0.6) is 11.5 Å². The highest BCUT2D eigenvalue weighted by Crippen LogP contribution is 2.34. The molecule has 0 spiro atoms. The van der Waals surface area contributed by atoms with Crippen molar-refractivity contribution in [3.05, 3.63) is 58.9 Å². The highest BCUT2D eigenvalue weighted by atomic mass is 32.1. The van der Waals surface area contributed by atoms with Gasteiger partial charge in [0.25, 0.3) is 11.8 Å². The van der Waals surface area contributed by atoms with Gasteiger partial charge in [-0.2, -0.15) is 0 Å². The van der Waals surface area contributed by atoms with Gasteiger partial charge < -0.3 is 29.3 Å². The molecule has 0 saturated carbocycles. The Kier molecular flexibility index (Phi) is 5.40. The zero-order chi connectivity index (χ0) is 21.1. The second-order valence-electron chi connectivity index (χ2n) is 6.25. The van der Waals surface area contributed by atoms with E-state index in [0.717, 1.165) is 11.3 Å². The van der Waals surface area contributed by atoms with Gasteiger partial charge >= 0.3 is 5.97 Å². The van der Waals surface area contributed by atoms with E-state index in [4.69, 9.17) is 18.6 Å². The fourth-order valence-corrected chi connectivity index (χ4v) is 3.66. The topological polar surface area (TPSA) is 116 Å². The van der Waals surface area contributed by atoms with Gasteiger partial charge in [-0.1, -0.05) is 0 Å². The number of carbonyl (C=O) groups is 3. The molecule has 0 fully saturated rings. The van der Waals surface area contributed by atoms with E-state index in [2.05, 4.69) is 10.6 Å². The Labute approximate surface area is 174 Å². The molecule has 2 N–H and O–H groups in total. The number of amides is 2. The number of hydrogen-bond donors (Lipinski definition) is 2. The lowest BCUT2D eigenvalue weighted by Crippen LogP contribution is -2.20. The Morgan fingerprint density at radius 2 is 1.93 bits per heavy atom.